The normalized spacial score (nSPS) is 11.9. The summed E-state index contributed by atoms with van der Waals surface area (Å²) in [6, 6.07) is 6.39. The molecule has 0 saturated carbocycles. The van der Waals surface area contributed by atoms with Crippen molar-refractivity contribution in [3.8, 4) is 0 Å². The summed E-state index contributed by atoms with van der Waals surface area (Å²) in [6.07, 6.45) is 0.278. The van der Waals surface area contributed by atoms with Gasteiger partial charge < -0.3 is 10.2 Å². The van der Waals surface area contributed by atoms with Gasteiger partial charge in [-0.2, -0.15) is 0 Å². The van der Waals surface area contributed by atoms with Crippen LogP contribution < -0.4 is 5.32 Å². The first-order chi connectivity index (χ1) is 8.34. The van der Waals surface area contributed by atoms with Crippen molar-refractivity contribution < 1.29 is 0 Å². The van der Waals surface area contributed by atoms with Gasteiger partial charge in [-0.1, -0.05) is 17.7 Å². The highest BCUT2D eigenvalue weighted by molar-refractivity contribution is 5.54. The molecule has 1 atom stereocenters. The van der Waals surface area contributed by atoms with Crippen molar-refractivity contribution >= 4 is 5.69 Å². The number of rotatable bonds is 4. The van der Waals surface area contributed by atoms with E-state index in [-0.39, 0.29) is 6.17 Å². The Labute approximate surface area is 112 Å². The van der Waals surface area contributed by atoms with Crippen LogP contribution in [0.3, 0.4) is 0 Å². The molecule has 0 aromatic heterocycles. The molecule has 18 heavy (non-hydrogen) atoms. The third-order valence-electron chi connectivity index (χ3n) is 3.80. The van der Waals surface area contributed by atoms with Gasteiger partial charge in [0, 0.05) is 18.4 Å². The summed E-state index contributed by atoms with van der Waals surface area (Å²) in [5.41, 5.74) is 6.55. The number of aryl methyl sites for hydroxylation is 1. The van der Waals surface area contributed by atoms with Gasteiger partial charge in [-0.3, -0.25) is 0 Å². The average molecular weight is 246 g/mol. The van der Waals surface area contributed by atoms with Crippen LogP contribution in [0.2, 0.25) is 0 Å². The fourth-order valence-corrected chi connectivity index (χ4v) is 1.87. The lowest BCUT2D eigenvalue weighted by molar-refractivity contribution is 0.350. The van der Waals surface area contributed by atoms with Crippen LogP contribution in [0.5, 0.6) is 0 Å². The maximum Gasteiger partial charge on any atom is 0.0955 e. The standard InChI is InChI=1S/C16H26N2/c1-11(2)14(5)18(7)15(6)17-16-10-8-9-12(3)13(16)4/h8-10,15,17H,1-7H3/t15-/m0/s1. The van der Waals surface area contributed by atoms with E-state index >= 15 is 0 Å². The molecule has 0 bridgehead atoms. The molecule has 2 heteroatoms. The topological polar surface area (TPSA) is 15.3 Å². The maximum absolute atomic E-state index is 3.58. The molecule has 0 aliphatic heterocycles. The van der Waals surface area contributed by atoms with E-state index in [4.69, 9.17) is 0 Å². The van der Waals surface area contributed by atoms with Crippen molar-refractivity contribution in [2.75, 3.05) is 12.4 Å². The first-order valence-electron chi connectivity index (χ1n) is 6.54. The summed E-state index contributed by atoms with van der Waals surface area (Å²) < 4.78 is 0. The number of hydrogen-bond acceptors (Lipinski definition) is 2. The Hall–Kier alpha value is -1.44. The number of allylic oxidation sites excluding steroid dienone is 2. The number of nitrogens with one attached hydrogen (secondary N) is 1. The zero-order chi connectivity index (χ0) is 13.9. The van der Waals surface area contributed by atoms with Crippen LogP contribution in [0.25, 0.3) is 0 Å². The van der Waals surface area contributed by atoms with Gasteiger partial charge in [-0.15, -0.1) is 0 Å². The van der Waals surface area contributed by atoms with Crippen LogP contribution in [0.4, 0.5) is 5.69 Å². The van der Waals surface area contributed by atoms with Gasteiger partial charge in [0.1, 0.15) is 0 Å². The second kappa shape index (κ2) is 5.94. The van der Waals surface area contributed by atoms with Gasteiger partial charge >= 0.3 is 0 Å². The summed E-state index contributed by atoms with van der Waals surface area (Å²) >= 11 is 0. The number of benzene rings is 1. The third kappa shape index (κ3) is 3.28. The molecule has 0 aliphatic rings. The monoisotopic (exact) mass is 246 g/mol. The molecule has 0 amide bonds. The predicted molar refractivity (Wildman–Crippen MR) is 80.8 cm³/mol. The summed E-state index contributed by atoms with van der Waals surface area (Å²) in [5.74, 6) is 0. The molecule has 0 radical (unpaired) electrons. The minimum absolute atomic E-state index is 0.278. The van der Waals surface area contributed by atoms with Crippen LogP contribution in [0.1, 0.15) is 38.8 Å². The molecule has 1 rings (SSSR count). The molecule has 1 aromatic rings. The van der Waals surface area contributed by atoms with Gasteiger partial charge in [-0.25, -0.2) is 0 Å². The van der Waals surface area contributed by atoms with E-state index in [2.05, 4.69) is 77.0 Å². The van der Waals surface area contributed by atoms with E-state index in [1.807, 2.05) is 0 Å². The molecule has 1 aromatic carbocycles. The Morgan fingerprint density at radius 3 is 2.33 bits per heavy atom. The van der Waals surface area contributed by atoms with Crippen molar-refractivity contribution in [2.24, 2.45) is 0 Å². The molecule has 2 nitrogen and oxygen atoms in total. The van der Waals surface area contributed by atoms with Crippen LogP contribution in [-0.4, -0.2) is 18.1 Å². The van der Waals surface area contributed by atoms with Gasteiger partial charge in [0.05, 0.1) is 6.17 Å². The minimum Gasteiger partial charge on any atom is -0.365 e. The van der Waals surface area contributed by atoms with Gasteiger partial charge in [-0.05, 0) is 58.7 Å². The van der Waals surface area contributed by atoms with Crippen LogP contribution in [0, 0.1) is 13.8 Å². The van der Waals surface area contributed by atoms with E-state index in [1.54, 1.807) is 0 Å². The van der Waals surface area contributed by atoms with E-state index < -0.39 is 0 Å². The summed E-state index contributed by atoms with van der Waals surface area (Å²) in [4.78, 5) is 2.27. The van der Waals surface area contributed by atoms with Crippen LogP contribution in [0.15, 0.2) is 29.5 Å². The van der Waals surface area contributed by atoms with E-state index in [0.717, 1.165) is 0 Å². The highest BCUT2D eigenvalue weighted by Crippen LogP contribution is 2.20. The van der Waals surface area contributed by atoms with Crippen molar-refractivity contribution in [3.63, 3.8) is 0 Å². The number of nitrogens with zero attached hydrogens (tertiary/aromatic N) is 1. The zero-order valence-electron chi connectivity index (χ0n) is 12.8. The lowest BCUT2D eigenvalue weighted by Crippen LogP contribution is -2.34. The minimum atomic E-state index is 0.278. The quantitative estimate of drug-likeness (QED) is 0.796. The predicted octanol–water partition coefficient (Wildman–Crippen LogP) is 4.31. The second-order valence-corrected chi connectivity index (χ2v) is 5.26. The molecule has 0 aliphatic carbocycles. The summed E-state index contributed by atoms with van der Waals surface area (Å²) in [7, 11) is 2.13. The van der Waals surface area contributed by atoms with Crippen molar-refractivity contribution in [1.82, 2.24) is 4.90 Å². The van der Waals surface area contributed by atoms with E-state index in [9.17, 15) is 0 Å². The Morgan fingerprint density at radius 1 is 1.17 bits per heavy atom. The van der Waals surface area contributed by atoms with Crippen molar-refractivity contribution in [2.45, 2.75) is 47.7 Å². The maximum atomic E-state index is 3.58. The lowest BCUT2D eigenvalue weighted by atomic mass is 10.1. The Kier molecular flexibility index (Phi) is 4.83. The molecular weight excluding hydrogens is 220 g/mol. The first-order valence-corrected chi connectivity index (χ1v) is 6.54. The Bertz CT molecular complexity index is 442. The van der Waals surface area contributed by atoms with E-state index in [1.165, 1.54) is 28.1 Å². The molecule has 0 unspecified atom stereocenters. The molecule has 0 heterocycles. The highest BCUT2D eigenvalue weighted by atomic mass is 15.2. The molecule has 0 fully saturated rings. The largest absolute Gasteiger partial charge is 0.365 e. The van der Waals surface area contributed by atoms with E-state index in [0.29, 0.717) is 0 Å². The molecule has 0 saturated heterocycles. The van der Waals surface area contributed by atoms with Gasteiger partial charge in [0.15, 0.2) is 0 Å². The molecule has 100 valence electrons. The fourth-order valence-electron chi connectivity index (χ4n) is 1.87. The SMILES string of the molecule is CC(C)=C(C)N(C)[C@@H](C)Nc1cccc(C)c1C. The molecule has 1 N–H and O–H groups in total. The van der Waals surface area contributed by atoms with Gasteiger partial charge in [0.25, 0.3) is 0 Å². The zero-order valence-corrected chi connectivity index (χ0v) is 12.8. The fraction of sp³-hybridized carbons (Fsp3) is 0.500. The van der Waals surface area contributed by atoms with Crippen molar-refractivity contribution in [3.05, 3.63) is 40.6 Å². The Balaban J connectivity index is 2.85. The molecule has 0 spiro atoms. The van der Waals surface area contributed by atoms with Crippen molar-refractivity contribution in [1.29, 1.82) is 0 Å². The third-order valence-corrected chi connectivity index (χ3v) is 3.80. The lowest BCUT2D eigenvalue weighted by Gasteiger charge is -2.30. The second-order valence-electron chi connectivity index (χ2n) is 5.26. The average Bonchev–Trinajstić information content (AvgIpc) is 2.32. The molecular formula is C16H26N2. The Morgan fingerprint density at radius 2 is 1.78 bits per heavy atom. The summed E-state index contributed by atoms with van der Waals surface area (Å²) in [5, 5.41) is 3.58. The van der Waals surface area contributed by atoms with Crippen LogP contribution >= 0.6 is 0 Å². The number of hydrogen-bond donors (Lipinski definition) is 1. The first kappa shape index (κ1) is 14.6. The summed E-state index contributed by atoms with van der Waals surface area (Å²) in [6.45, 7) is 13.0. The smallest absolute Gasteiger partial charge is 0.0955 e. The highest BCUT2D eigenvalue weighted by Gasteiger charge is 2.11. The van der Waals surface area contributed by atoms with Gasteiger partial charge in [0.2, 0.25) is 0 Å². The van der Waals surface area contributed by atoms with Crippen LogP contribution in [-0.2, 0) is 0 Å². The number of anilines is 1.